The number of hydrogen-bond acceptors (Lipinski definition) is 3. The summed E-state index contributed by atoms with van der Waals surface area (Å²) in [5, 5.41) is 4.67. The van der Waals surface area contributed by atoms with Crippen LogP contribution in [0.4, 0.5) is 0 Å². The molecule has 90 valence electrons. The van der Waals surface area contributed by atoms with Crippen LogP contribution in [0, 0.1) is 25.2 Å². The van der Waals surface area contributed by atoms with Gasteiger partial charge in [0.1, 0.15) is 0 Å². The summed E-state index contributed by atoms with van der Waals surface area (Å²) < 4.78 is 0. The molecule has 1 aliphatic carbocycles. The molecular weight excluding hydrogens is 216 g/mol. The van der Waals surface area contributed by atoms with Gasteiger partial charge in [-0.25, -0.2) is 4.98 Å². The van der Waals surface area contributed by atoms with E-state index in [2.05, 4.69) is 38.1 Å². The van der Waals surface area contributed by atoms with Crippen molar-refractivity contribution in [3.63, 3.8) is 0 Å². The van der Waals surface area contributed by atoms with Crippen molar-refractivity contribution in [3.8, 4) is 0 Å². The molecule has 2 nitrogen and oxygen atoms in total. The number of rotatable bonds is 5. The molecule has 2 rings (SSSR count). The Morgan fingerprint density at radius 3 is 2.56 bits per heavy atom. The Kier molecular flexibility index (Phi) is 3.36. The average Bonchev–Trinajstić information content (AvgIpc) is 2.96. The van der Waals surface area contributed by atoms with Gasteiger partial charge in [-0.3, -0.25) is 0 Å². The van der Waals surface area contributed by atoms with Crippen molar-refractivity contribution in [2.24, 2.45) is 11.3 Å². The second-order valence-corrected chi connectivity index (χ2v) is 6.67. The van der Waals surface area contributed by atoms with Crippen LogP contribution in [0.3, 0.4) is 0 Å². The summed E-state index contributed by atoms with van der Waals surface area (Å²) in [6, 6.07) is 0. The minimum Gasteiger partial charge on any atom is -0.319 e. The Hall–Kier alpha value is -0.410. The monoisotopic (exact) mass is 238 g/mol. The largest absolute Gasteiger partial charge is 0.319 e. The molecule has 3 heteroatoms. The molecule has 0 bridgehead atoms. The summed E-state index contributed by atoms with van der Waals surface area (Å²) in [5.74, 6) is 0.907. The summed E-state index contributed by atoms with van der Waals surface area (Å²) in [6.45, 7) is 7.80. The Labute approximate surface area is 102 Å². The molecule has 1 unspecified atom stereocenters. The molecule has 0 aromatic carbocycles. The van der Waals surface area contributed by atoms with Crippen LogP contribution in [0.5, 0.6) is 0 Å². The number of aryl methyl sites for hydroxylation is 2. The molecule has 1 heterocycles. The van der Waals surface area contributed by atoms with Gasteiger partial charge in [0.2, 0.25) is 0 Å². The highest BCUT2D eigenvalue weighted by Gasteiger charge is 2.41. The lowest BCUT2D eigenvalue weighted by Crippen LogP contribution is -2.33. The van der Waals surface area contributed by atoms with E-state index in [4.69, 9.17) is 0 Å². The third kappa shape index (κ3) is 2.46. The molecule has 1 N–H and O–H groups in total. The number of nitrogens with one attached hydrogen (secondary N) is 1. The topological polar surface area (TPSA) is 24.9 Å². The van der Waals surface area contributed by atoms with Crippen LogP contribution < -0.4 is 5.32 Å². The first-order valence-corrected chi connectivity index (χ1v) is 6.94. The second kappa shape index (κ2) is 4.46. The maximum absolute atomic E-state index is 4.68. The van der Waals surface area contributed by atoms with Crippen molar-refractivity contribution < 1.29 is 0 Å². The summed E-state index contributed by atoms with van der Waals surface area (Å²) >= 11 is 1.87. The fourth-order valence-electron chi connectivity index (χ4n) is 2.50. The molecule has 16 heavy (non-hydrogen) atoms. The molecule has 1 aromatic rings. The molecule has 0 amide bonds. The maximum atomic E-state index is 4.68. The van der Waals surface area contributed by atoms with Crippen LogP contribution >= 0.6 is 11.3 Å². The van der Waals surface area contributed by atoms with Gasteiger partial charge < -0.3 is 5.32 Å². The van der Waals surface area contributed by atoms with Crippen LogP contribution in [-0.2, 0) is 6.42 Å². The molecule has 0 spiro atoms. The van der Waals surface area contributed by atoms with Gasteiger partial charge >= 0.3 is 0 Å². The van der Waals surface area contributed by atoms with Gasteiger partial charge in [-0.2, -0.15) is 0 Å². The van der Waals surface area contributed by atoms with E-state index in [0.717, 1.165) is 18.9 Å². The maximum Gasteiger partial charge on any atom is 0.0936 e. The number of thiazole rings is 1. The predicted molar refractivity (Wildman–Crippen MR) is 70.0 cm³/mol. The number of aromatic nitrogens is 1. The highest BCUT2D eigenvalue weighted by molar-refractivity contribution is 7.11. The first kappa shape index (κ1) is 12.1. The lowest BCUT2D eigenvalue weighted by Gasteiger charge is -2.28. The summed E-state index contributed by atoms with van der Waals surface area (Å²) in [5.41, 5.74) is 1.62. The Balaban J connectivity index is 2.10. The first-order chi connectivity index (χ1) is 7.55. The van der Waals surface area contributed by atoms with E-state index in [-0.39, 0.29) is 0 Å². The van der Waals surface area contributed by atoms with Gasteiger partial charge in [0.15, 0.2) is 0 Å². The average molecular weight is 238 g/mol. The predicted octanol–water partition coefficient (Wildman–Crippen LogP) is 2.94. The zero-order chi connectivity index (χ0) is 11.8. The molecule has 0 radical (unpaired) electrons. The van der Waals surface area contributed by atoms with Crippen LogP contribution in [0.1, 0.15) is 35.3 Å². The number of nitrogens with zero attached hydrogens (tertiary/aromatic N) is 1. The summed E-state index contributed by atoms with van der Waals surface area (Å²) in [6.07, 6.45) is 3.95. The van der Waals surface area contributed by atoms with Crippen molar-refractivity contribution in [3.05, 3.63) is 15.6 Å². The minimum atomic E-state index is 0.408. The zero-order valence-corrected chi connectivity index (χ0v) is 11.6. The Morgan fingerprint density at radius 1 is 1.44 bits per heavy atom. The standard InChI is InChI=1S/C13H22N2S/c1-9-10(2)16-12(15-9)7-13(3,8-14-4)11-5-6-11/h11,14H,5-8H2,1-4H3. The smallest absolute Gasteiger partial charge is 0.0936 e. The number of hydrogen-bond donors (Lipinski definition) is 1. The van der Waals surface area contributed by atoms with Gasteiger partial charge in [-0.15, -0.1) is 11.3 Å². The lowest BCUT2D eigenvalue weighted by molar-refractivity contribution is 0.262. The fraction of sp³-hybridized carbons (Fsp3) is 0.769. The third-order valence-electron chi connectivity index (χ3n) is 3.77. The van der Waals surface area contributed by atoms with Gasteiger partial charge in [0.25, 0.3) is 0 Å². The van der Waals surface area contributed by atoms with Crippen molar-refractivity contribution in [2.45, 2.75) is 40.0 Å². The molecule has 1 saturated carbocycles. The normalized spacial score (nSPS) is 19.8. The molecule has 1 fully saturated rings. The third-order valence-corrected chi connectivity index (χ3v) is 4.84. The van der Waals surface area contributed by atoms with E-state index in [0.29, 0.717) is 5.41 Å². The van der Waals surface area contributed by atoms with Crippen molar-refractivity contribution in [1.82, 2.24) is 10.3 Å². The van der Waals surface area contributed by atoms with E-state index in [1.54, 1.807) is 0 Å². The van der Waals surface area contributed by atoms with Gasteiger partial charge in [0.05, 0.1) is 10.7 Å². The van der Waals surface area contributed by atoms with E-state index >= 15 is 0 Å². The van der Waals surface area contributed by atoms with Crippen molar-refractivity contribution >= 4 is 11.3 Å². The molecular formula is C13H22N2S. The quantitative estimate of drug-likeness (QED) is 0.853. The molecule has 0 saturated heterocycles. The Bertz CT molecular complexity index is 349. The van der Waals surface area contributed by atoms with Gasteiger partial charge in [-0.1, -0.05) is 6.92 Å². The van der Waals surface area contributed by atoms with Crippen LogP contribution in [0.15, 0.2) is 0 Å². The van der Waals surface area contributed by atoms with Crippen molar-refractivity contribution in [2.75, 3.05) is 13.6 Å². The van der Waals surface area contributed by atoms with E-state index in [9.17, 15) is 0 Å². The van der Waals surface area contributed by atoms with Gasteiger partial charge in [-0.05, 0) is 45.1 Å². The highest BCUT2D eigenvalue weighted by Crippen LogP contribution is 2.47. The SMILES string of the molecule is CNCC(C)(Cc1nc(C)c(C)s1)C1CC1. The molecule has 1 aliphatic rings. The highest BCUT2D eigenvalue weighted by atomic mass is 32.1. The van der Waals surface area contributed by atoms with Crippen molar-refractivity contribution in [1.29, 1.82) is 0 Å². The molecule has 1 aromatic heterocycles. The van der Waals surface area contributed by atoms with Crippen LogP contribution in [0.2, 0.25) is 0 Å². The fourth-order valence-corrected chi connectivity index (χ4v) is 3.63. The van der Waals surface area contributed by atoms with Gasteiger partial charge in [0, 0.05) is 17.8 Å². The minimum absolute atomic E-state index is 0.408. The second-order valence-electron chi connectivity index (χ2n) is 5.38. The first-order valence-electron chi connectivity index (χ1n) is 6.12. The van der Waals surface area contributed by atoms with E-state index in [1.807, 2.05) is 11.3 Å². The van der Waals surface area contributed by atoms with Crippen LogP contribution in [0.25, 0.3) is 0 Å². The zero-order valence-electron chi connectivity index (χ0n) is 10.8. The molecule has 0 aliphatic heterocycles. The lowest BCUT2D eigenvalue weighted by atomic mass is 9.81. The summed E-state index contributed by atoms with van der Waals surface area (Å²) in [7, 11) is 2.05. The summed E-state index contributed by atoms with van der Waals surface area (Å²) in [4.78, 5) is 6.05. The van der Waals surface area contributed by atoms with E-state index in [1.165, 1.54) is 28.4 Å². The van der Waals surface area contributed by atoms with Crippen LogP contribution in [-0.4, -0.2) is 18.6 Å². The molecule has 1 atom stereocenters. The van der Waals surface area contributed by atoms with E-state index < -0.39 is 0 Å². The Morgan fingerprint density at radius 2 is 2.12 bits per heavy atom.